The Bertz CT molecular complexity index is 1750. The number of hydrogen-bond acceptors (Lipinski definition) is 8. The molecule has 2 aromatic carbocycles. The van der Waals surface area contributed by atoms with E-state index < -0.39 is 0 Å². The second kappa shape index (κ2) is 20.1. The molecule has 1 saturated heterocycles. The van der Waals surface area contributed by atoms with Crippen molar-refractivity contribution in [2.24, 2.45) is 4.99 Å². The summed E-state index contributed by atoms with van der Waals surface area (Å²) in [6.07, 6.45) is 10.5. The number of aromatic nitrogens is 1. The van der Waals surface area contributed by atoms with E-state index in [9.17, 15) is 0 Å². The van der Waals surface area contributed by atoms with E-state index in [0.717, 1.165) is 77.0 Å². The van der Waals surface area contributed by atoms with Crippen LogP contribution in [0.15, 0.2) is 78.0 Å². The largest absolute Gasteiger partial charge is 0.486 e. The number of thioether (sulfide) groups is 1. The summed E-state index contributed by atoms with van der Waals surface area (Å²) < 4.78 is 24.3. The van der Waals surface area contributed by atoms with E-state index in [1.54, 1.807) is 0 Å². The van der Waals surface area contributed by atoms with Gasteiger partial charge in [-0.1, -0.05) is 5.16 Å². The molecule has 2 aliphatic rings. The fourth-order valence-corrected chi connectivity index (χ4v) is 9.79. The van der Waals surface area contributed by atoms with Gasteiger partial charge in [0.05, 0.1) is 17.9 Å². The number of aliphatic imine (C=N–C) groups is 1. The standard InChI is InChI=1S/C22H27N2.C19H23NO4S.Hg/c1-6-9-10-21(20-13-11-19(16-23)12-14-20)22(15-17(4)7-2)18(5)24-8-3;1-12-3-5-15(23-12)10-25-11-16-13(2)20-24-19(16)14-4-6-17-18(9-14)22-8-7-21-17;/h8,10-14H,6-7,9H2,1-5H3;4,6,9,12,15H,3,5,7-8,10-11H2,1-2H3;/b17-15?,21-10-,22-18+,24-8?;;. The van der Waals surface area contributed by atoms with Crippen LogP contribution in [0.3, 0.4) is 0 Å². The zero-order valence-corrected chi connectivity index (χ0v) is 37.1. The SMILES string of the molecule is CC=N/C(C)=C(C(=C\CCC)/c1ccc(C#N)cc1)\[C]([Hg])=C(/C)CC.Cc1noc(-c2ccc3c(c2)OCCO3)c1CSCC1CCC(C)O1. The summed E-state index contributed by atoms with van der Waals surface area (Å²) in [7, 11) is 0. The predicted molar refractivity (Wildman–Crippen MR) is 201 cm³/mol. The maximum Gasteiger partial charge on any atom is 0.171 e. The Hall–Kier alpha value is -3.12. The summed E-state index contributed by atoms with van der Waals surface area (Å²) in [5, 5.41) is 13.3. The fourth-order valence-electron chi connectivity index (χ4n) is 5.91. The van der Waals surface area contributed by atoms with Crippen LogP contribution in [0.25, 0.3) is 16.9 Å². The van der Waals surface area contributed by atoms with Gasteiger partial charge < -0.3 is 18.7 Å². The molecule has 50 heavy (non-hydrogen) atoms. The quantitative estimate of drug-likeness (QED) is 0.102. The zero-order valence-electron chi connectivity index (χ0n) is 30.8. The first kappa shape index (κ1) is 39.7. The molecule has 5 rings (SSSR count). The Kier molecular flexibility index (Phi) is 15.9. The van der Waals surface area contributed by atoms with E-state index in [1.165, 1.54) is 31.8 Å². The number of nitriles is 1. The van der Waals surface area contributed by atoms with E-state index in [4.69, 9.17) is 24.0 Å². The van der Waals surface area contributed by atoms with Crippen LogP contribution in [0, 0.1) is 18.3 Å². The van der Waals surface area contributed by atoms with Crippen molar-refractivity contribution < 1.29 is 44.9 Å². The summed E-state index contributed by atoms with van der Waals surface area (Å²) in [5.74, 6) is 4.25. The van der Waals surface area contributed by atoms with Crippen molar-refractivity contribution in [2.75, 3.05) is 19.0 Å². The summed E-state index contributed by atoms with van der Waals surface area (Å²) >= 11 is 2.38. The van der Waals surface area contributed by atoms with Gasteiger partial charge in [0.25, 0.3) is 0 Å². The molecule has 1 aromatic heterocycles. The summed E-state index contributed by atoms with van der Waals surface area (Å²) in [4.78, 5) is 4.61. The maximum atomic E-state index is 9.08. The molecule has 0 bridgehead atoms. The van der Waals surface area contributed by atoms with Crippen molar-refractivity contribution in [3.63, 3.8) is 0 Å². The van der Waals surface area contributed by atoms with Gasteiger partial charge in [-0.2, -0.15) is 11.8 Å². The smallest absolute Gasteiger partial charge is 0.171 e. The summed E-state index contributed by atoms with van der Waals surface area (Å²) in [6.45, 7) is 16.0. The number of aryl methyl sites for hydroxylation is 1. The Labute approximate surface area is 319 Å². The molecule has 1 fully saturated rings. The van der Waals surface area contributed by atoms with Gasteiger partial charge in [-0.15, -0.1) is 0 Å². The van der Waals surface area contributed by atoms with Gasteiger partial charge in [0.1, 0.15) is 13.2 Å². The number of allylic oxidation sites excluding steroid dienone is 6. The number of nitrogens with zero attached hydrogens (tertiary/aromatic N) is 3. The minimum atomic E-state index is 0.373. The van der Waals surface area contributed by atoms with Crippen LogP contribution in [-0.4, -0.2) is 42.5 Å². The summed E-state index contributed by atoms with van der Waals surface area (Å²) in [5.41, 5.74) is 10.0. The van der Waals surface area contributed by atoms with Crippen molar-refractivity contribution in [1.29, 1.82) is 5.26 Å². The summed E-state index contributed by atoms with van der Waals surface area (Å²) in [6, 6.07) is 16.0. The molecule has 0 spiro atoms. The van der Waals surface area contributed by atoms with Crippen LogP contribution >= 0.6 is 11.8 Å². The van der Waals surface area contributed by atoms with E-state index in [1.807, 2.05) is 62.2 Å². The first-order valence-electron chi connectivity index (χ1n) is 17.7. The number of rotatable bonds is 12. The number of ether oxygens (including phenoxy) is 3. The second-order valence-corrected chi connectivity index (χ2v) is 16.4. The molecule has 2 atom stereocenters. The average molecular weight is 882 g/mol. The third-order valence-electron chi connectivity index (χ3n) is 8.92. The van der Waals surface area contributed by atoms with Crippen LogP contribution in [0.1, 0.15) is 96.0 Å². The fraction of sp³-hybridized carbons (Fsp3) is 0.439. The van der Waals surface area contributed by atoms with Gasteiger partial charge in [0.15, 0.2) is 17.3 Å². The third-order valence-corrected chi connectivity index (χ3v) is 13.7. The molecule has 2 aliphatic heterocycles. The number of benzene rings is 2. The van der Waals surface area contributed by atoms with E-state index >= 15 is 0 Å². The Morgan fingerprint density at radius 1 is 1.08 bits per heavy atom. The van der Waals surface area contributed by atoms with E-state index in [2.05, 4.69) is 69.0 Å². The molecule has 0 saturated carbocycles. The molecule has 3 heterocycles. The minimum absolute atomic E-state index is 0.373. The van der Waals surface area contributed by atoms with Crippen molar-refractivity contribution in [1.82, 2.24) is 5.16 Å². The van der Waals surface area contributed by atoms with Gasteiger partial charge in [0.2, 0.25) is 0 Å². The molecule has 7 nitrogen and oxygen atoms in total. The molecule has 9 heteroatoms. The number of fused-ring (bicyclic) bond motifs is 1. The van der Waals surface area contributed by atoms with Crippen LogP contribution in [-0.2, 0) is 36.6 Å². The molecular weight excluding hydrogens is 831 g/mol. The minimum Gasteiger partial charge on any atom is -0.486 e. The van der Waals surface area contributed by atoms with Crippen molar-refractivity contribution in [2.45, 2.75) is 98.5 Å². The first-order chi connectivity index (χ1) is 24.2. The molecule has 261 valence electrons. The average Bonchev–Trinajstić information content (AvgIpc) is 3.73. The topological polar surface area (TPSA) is 89.9 Å². The molecule has 0 radical (unpaired) electrons. The molecule has 0 aliphatic carbocycles. The monoisotopic (exact) mass is 882 g/mol. The van der Waals surface area contributed by atoms with Crippen LogP contribution in [0.5, 0.6) is 11.5 Å². The zero-order chi connectivity index (χ0) is 36.0. The first-order valence-corrected chi connectivity index (χ1v) is 21.6. The number of unbranched alkanes of at least 4 members (excludes halogenated alkanes) is 1. The molecule has 3 aromatic rings. The van der Waals surface area contributed by atoms with Gasteiger partial charge in [-0.05, 0) is 44.9 Å². The molecule has 0 amide bonds. The van der Waals surface area contributed by atoms with E-state index in [0.29, 0.717) is 57.1 Å². The predicted octanol–water partition coefficient (Wildman–Crippen LogP) is 10.6. The van der Waals surface area contributed by atoms with Gasteiger partial charge >= 0.3 is 170 Å². The van der Waals surface area contributed by atoms with Crippen LogP contribution < -0.4 is 9.47 Å². The van der Waals surface area contributed by atoms with Crippen molar-refractivity contribution in [3.8, 4) is 28.9 Å². The normalized spacial score (nSPS) is 18.3. The van der Waals surface area contributed by atoms with Crippen LogP contribution in [0.4, 0.5) is 0 Å². The van der Waals surface area contributed by atoms with Gasteiger partial charge in [0, 0.05) is 22.6 Å². The Morgan fingerprint density at radius 3 is 2.46 bits per heavy atom. The molecular formula is C41H50HgN3O4S. The Morgan fingerprint density at radius 2 is 1.82 bits per heavy atom. The van der Waals surface area contributed by atoms with Gasteiger partial charge in [-0.25, -0.2) is 0 Å². The number of hydrogen-bond donors (Lipinski definition) is 0. The molecule has 0 N–H and O–H groups in total. The second-order valence-electron chi connectivity index (χ2n) is 12.7. The van der Waals surface area contributed by atoms with Gasteiger partial charge in [-0.3, -0.25) is 0 Å². The van der Waals surface area contributed by atoms with Crippen LogP contribution in [0.2, 0.25) is 0 Å². The van der Waals surface area contributed by atoms with Crippen molar-refractivity contribution >= 4 is 23.5 Å². The maximum absolute atomic E-state index is 9.08. The van der Waals surface area contributed by atoms with Crippen molar-refractivity contribution in [3.05, 3.63) is 90.8 Å². The Balaban J connectivity index is 0.000000225. The third kappa shape index (κ3) is 10.7. The molecule has 2 unspecified atom stereocenters. The van der Waals surface area contributed by atoms with E-state index in [-0.39, 0.29) is 0 Å².